The average molecular weight is 385 g/mol. The Bertz CT molecular complexity index is 963. The molecular formula is C21H25FN4S. The Morgan fingerprint density at radius 3 is 2.63 bits per heavy atom. The number of hydrogen-bond acceptors (Lipinski definition) is 5. The van der Waals surface area contributed by atoms with Crippen molar-refractivity contribution in [2.24, 2.45) is 5.92 Å². The fourth-order valence-electron chi connectivity index (χ4n) is 4.18. The summed E-state index contributed by atoms with van der Waals surface area (Å²) in [4.78, 5) is 15.8. The highest BCUT2D eigenvalue weighted by molar-refractivity contribution is 7.18. The summed E-state index contributed by atoms with van der Waals surface area (Å²) >= 11 is 1.49. The molecule has 3 aromatic rings. The molecule has 4 rings (SSSR count). The molecule has 2 atom stereocenters. The maximum atomic E-state index is 14.6. The molecule has 0 radical (unpaired) electrons. The van der Waals surface area contributed by atoms with Crippen LogP contribution in [-0.2, 0) is 6.42 Å². The van der Waals surface area contributed by atoms with Gasteiger partial charge >= 0.3 is 0 Å². The average Bonchev–Trinajstić information content (AvgIpc) is 3.18. The van der Waals surface area contributed by atoms with E-state index in [1.807, 2.05) is 20.8 Å². The zero-order valence-electron chi connectivity index (χ0n) is 16.3. The molecular weight excluding hydrogens is 359 g/mol. The third kappa shape index (κ3) is 3.87. The SMILES string of the molecule is Cc1cc(C[C@@H]2CCN([C@H](C)c3nc4nc(C)sc4cc3F)C2)cc(C)n1. The summed E-state index contributed by atoms with van der Waals surface area (Å²) in [6.07, 6.45) is 2.18. The molecule has 3 aromatic heterocycles. The predicted molar refractivity (Wildman–Crippen MR) is 108 cm³/mol. The van der Waals surface area contributed by atoms with Crippen LogP contribution in [0.3, 0.4) is 0 Å². The van der Waals surface area contributed by atoms with Gasteiger partial charge in [0, 0.05) is 17.9 Å². The lowest BCUT2D eigenvalue weighted by Crippen LogP contribution is -2.26. The van der Waals surface area contributed by atoms with Crippen molar-refractivity contribution in [2.45, 2.75) is 46.6 Å². The van der Waals surface area contributed by atoms with Crippen LogP contribution in [0.15, 0.2) is 18.2 Å². The first kappa shape index (κ1) is 18.4. The first-order valence-corrected chi connectivity index (χ1v) is 10.3. The van der Waals surface area contributed by atoms with E-state index in [4.69, 9.17) is 0 Å². The number of likely N-dealkylation sites (tertiary alicyclic amines) is 1. The van der Waals surface area contributed by atoms with Crippen molar-refractivity contribution in [1.29, 1.82) is 0 Å². The number of aromatic nitrogens is 3. The summed E-state index contributed by atoms with van der Waals surface area (Å²) in [5.74, 6) is 0.365. The Balaban J connectivity index is 1.49. The number of fused-ring (bicyclic) bond motifs is 1. The van der Waals surface area contributed by atoms with Crippen molar-refractivity contribution < 1.29 is 4.39 Å². The minimum absolute atomic E-state index is 0.0395. The van der Waals surface area contributed by atoms with E-state index in [0.717, 1.165) is 47.0 Å². The number of hydrogen-bond donors (Lipinski definition) is 0. The van der Waals surface area contributed by atoms with Crippen LogP contribution in [0.1, 0.15) is 47.0 Å². The quantitative estimate of drug-likeness (QED) is 0.649. The van der Waals surface area contributed by atoms with Crippen LogP contribution in [0.4, 0.5) is 4.39 Å². The molecule has 0 aromatic carbocycles. The summed E-state index contributed by atoms with van der Waals surface area (Å²) in [6, 6.07) is 5.91. The highest BCUT2D eigenvalue weighted by Gasteiger charge is 2.29. The van der Waals surface area contributed by atoms with E-state index < -0.39 is 0 Å². The second-order valence-electron chi connectivity index (χ2n) is 7.70. The van der Waals surface area contributed by atoms with E-state index in [0.29, 0.717) is 17.3 Å². The summed E-state index contributed by atoms with van der Waals surface area (Å²) < 4.78 is 15.5. The number of pyridine rings is 2. The van der Waals surface area contributed by atoms with Crippen molar-refractivity contribution in [3.8, 4) is 0 Å². The molecule has 1 saturated heterocycles. The van der Waals surface area contributed by atoms with Crippen LogP contribution in [0.25, 0.3) is 10.3 Å². The second-order valence-corrected chi connectivity index (χ2v) is 8.93. The van der Waals surface area contributed by atoms with Gasteiger partial charge in [-0.05, 0) is 76.8 Å². The standard InChI is InChI=1S/C21H25FN4S/c1-12-7-17(8-13(2)23-12)9-16-5-6-26(11-16)14(3)20-18(22)10-19-21(25-20)24-15(4)27-19/h7-8,10,14,16H,5-6,9,11H2,1-4H3/t14-,16+/m1/s1. The Morgan fingerprint density at radius 2 is 1.89 bits per heavy atom. The number of aryl methyl sites for hydroxylation is 3. The summed E-state index contributed by atoms with van der Waals surface area (Å²) in [5.41, 5.74) is 4.68. The van der Waals surface area contributed by atoms with Gasteiger partial charge in [-0.1, -0.05) is 0 Å². The van der Waals surface area contributed by atoms with E-state index in [1.165, 1.54) is 16.9 Å². The maximum absolute atomic E-state index is 14.6. The molecule has 1 aliphatic heterocycles. The van der Waals surface area contributed by atoms with Crippen LogP contribution in [0, 0.1) is 32.5 Å². The van der Waals surface area contributed by atoms with E-state index >= 15 is 0 Å². The maximum Gasteiger partial charge on any atom is 0.171 e. The van der Waals surface area contributed by atoms with E-state index in [2.05, 4.69) is 38.9 Å². The first-order chi connectivity index (χ1) is 12.9. The molecule has 0 amide bonds. The van der Waals surface area contributed by atoms with Gasteiger partial charge in [0.25, 0.3) is 0 Å². The minimum Gasteiger partial charge on any atom is -0.295 e. The molecule has 0 N–H and O–H groups in total. The third-order valence-corrected chi connectivity index (χ3v) is 6.30. The highest BCUT2D eigenvalue weighted by atomic mass is 32.1. The largest absolute Gasteiger partial charge is 0.295 e. The van der Waals surface area contributed by atoms with E-state index in [-0.39, 0.29) is 11.9 Å². The van der Waals surface area contributed by atoms with Gasteiger partial charge in [-0.15, -0.1) is 11.3 Å². The molecule has 6 heteroatoms. The van der Waals surface area contributed by atoms with Crippen LogP contribution < -0.4 is 0 Å². The number of thiazole rings is 1. The van der Waals surface area contributed by atoms with Gasteiger partial charge in [0.1, 0.15) is 5.82 Å². The second kappa shape index (κ2) is 7.24. The number of nitrogens with zero attached hydrogens (tertiary/aromatic N) is 4. The van der Waals surface area contributed by atoms with Crippen molar-refractivity contribution in [3.63, 3.8) is 0 Å². The number of rotatable bonds is 4. The lowest BCUT2D eigenvalue weighted by Gasteiger charge is -2.24. The van der Waals surface area contributed by atoms with Gasteiger partial charge in [0.15, 0.2) is 5.65 Å². The molecule has 142 valence electrons. The summed E-state index contributed by atoms with van der Waals surface area (Å²) in [5, 5.41) is 0.922. The number of halogens is 1. The summed E-state index contributed by atoms with van der Waals surface area (Å²) in [6.45, 7) is 10.0. The molecule has 0 unspecified atom stereocenters. The minimum atomic E-state index is -0.220. The Labute approximate surface area is 163 Å². The third-order valence-electron chi connectivity index (χ3n) is 5.40. The molecule has 27 heavy (non-hydrogen) atoms. The van der Waals surface area contributed by atoms with Crippen LogP contribution in [-0.4, -0.2) is 32.9 Å². The smallest absolute Gasteiger partial charge is 0.171 e. The van der Waals surface area contributed by atoms with Gasteiger partial charge in [-0.3, -0.25) is 9.88 Å². The van der Waals surface area contributed by atoms with E-state index in [1.54, 1.807) is 6.07 Å². The van der Waals surface area contributed by atoms with Crippen LogP contribution in [0.5, 0.6) is 0 Å². The summed E-state index contributed by atoms with van der Waals surface area (Å²) in [7, 11) is 0. The molecule has 1 aliphatic rings. The Kier molecular flexibility index (Phi) is 4.95. The molecule has 4 heterocycles. The molecule has 0 saturated carbocycles. The molecule has 4 nitrogen and oxygen atoms in total. The Hall–Kier alpha value is -1.92. The van der Waals surface area contributed by atoms with Crippen LogP contribution >= 0.6 is 11.3 Å². The first-order valence-electron chi connectivity index (χ1n) is 9.51. The highest BCUT2D eigenvalue weighted by Crippen LogP contribution is 2.31. The van der Waals surface area contributed by atoms with Gasteiger partial charge in [0.2, 0.25) is 0 Å². The molecule has 1 fully saturated rings. The Morgan fingerprint density at radius 1 is 1.15 bits per heavy atom. The zero-order chi connectivity index (χ0) is 19.1. The normalized spacial score (nSPS) is 19.1. The molecule has 0 spiro atoms. The van der Waals surface area contributed by atoms with Crippen molar-refractivity contribution in [2.75, 3.05) is 13.1 Å². The van der Waals surface area contributed by atoms with Gasteiger partial charge in [-0.2, -0.15) is 0 Å². The van der Waals surface area contributed by atoms with Gasteiger partial charge in [0.05, 0.1) is 21.4 Å². The van der Waals surface area contributed by atoms with Crippen LogP contribution in [0.2, 0.25) is 0 Å². The van der Waals surface area contributed by atoms with Crippen molar-refractivity contribution in [3.05, 3.63) is 51.7 Å². The van der Waals surface area contributed by atoms with Gasteiger partial charge < -0.3 is 0 Å². The van der Waals surface area contributed by atoms with E-state index in [9.17, 15) is 4.39 Å². The topological polar surface area (TPSA) is 41.9 Å². The fourth-order valence-corrected chi connectivity index (χ4v) is 4.98. The zero-order valence-corrected chi connectivity index (χ0v) is 17.1. The van der Waals surface area contributed by atoms with Crippen molar-refractivity contribution in [1.82, 2.24) is 19.9 Å². The fraction of sp³-hybridized carbons (Fsp3) is 0.476. The van der Waals surface area contributed by atoms with Crippen molar-refractivity contribution >= 4 is 21.7 Å². The molecule has 0 aliphatic carbocycles. The monoisotopic (exact) mass is 384 g/mol. The lowest BCUT2D eigenvalue weighted by atomic mass is 9.98. The lowest BCUT2D eigenvalue weighted by molar-refractivity contribution is 0.243. The molecule has 0 bridgehead atoms. The van der Waals surface area contributed by atoms with Gasteiger partial charge in [-0.25, -0.2) is 14.4 Å². The predicted octanol–water partition coefficient (Wildman–Crippen LogP) is 4.78.